The van der Waals surface area contributed by atoms with E-state index in [1.807, 2.05) is 0 Å². The van der Waals surface area contributed by atoms with Crippen LogP contribution in [0.25, 0.3) is 0 Å². The molecule has 1 saturated carbocycles. The van der Waals surface area contributed by atoms with E-state index in [-0.39, 0.29) is 29.8 Å². The van der Waals surface area contributed by atoms with E-state index in [1.54, 1.807) is 24.3 Å². The van der Waals surface area contributed by atoms with E-state index in [9.17, 15) is 21.2 Å². The third kappa shape index (κ3) is 3.53. The minimum Gasteiger partial charge on any atom is -0.494 e. The van der Waals surface area contributed by atoms with Gasteiger partial charge in [0, 0.05) is 19.1 Å². The summed E-state index contributed by atoms with van der Waals surface area (Å²) in [5.74, 6) is -0.865. The topological polar surface area (TPSA) is 96.0 Å². The second-order valence-corrected chi connectivity index (χ2v) is 10.3. The van der Waals surface area contributed by atoms with Gasteiger partial charge in [-0.2, -0.15) is 8.42 Å². The van der Waals surface area contributed by atoms with Crippen LogP contribution in [0.2, 0.25) is 0 Å². The number of methoxy groups -OCH3 is 1. The Morgan fingerprint density at radius 2 is 1.86 bits per heavy atom. The van der Waals surface area contributed by atoms with Crippen molar-refractivity contribution in [1.29, 1.82) is 0 Å². The van der Waals surface area contributed by atoms with Crippen LogP contribution in [0.5, 0.6) is 5.75 Å². The van der Waals surface area contributed by atoms with Crippen LogP contribution in [0, 0.1) is 5.82 Å². The van der Waals surface area contributed by atoms with Crippen molar-refractivity contribution in [2.24, 2.45) is 0 Å². The molecule has 1 heterocycles. The Labute approximate surface area is 169 Å². The Kier molecular flexibility index (Phi) is 4.91. The number of rotatable bonds is 7. The van der Waals surface area contributed by atoms with Crippen LogP contribution in [-0.4, -0.2) is 43.1 Å². The summed E-state index contributed by atoms with van der Waals surface area (Å²) in [5, 5.41) is 0. The van der Waals surface area contributed by atoms with E-state index < -0.39 is 26.0 Å². The van der Waals surface area contributed by atoms with Gasteiger partial charge in [0.2, 0.25) is 10.0 Å². The molecule has 0 unspecified atom stereocenters. The molecule has 156 valence electrons. The Morgan fingerprint density at radius 1 is 1.17 bits per heavy atom. The van der Waals surface area contributed by atoms with Crippen LogP contribution in [0.15, 0.2) is 47.4 Å². The van der Waals surface area contributed by atoms with Crippen molar-refractivity contribution < 1.29 is 26.0 Å². The molecular weight excluding hydrogens is 421 g/mol. The van der Waals surface area contributed by atoms with Gasteiger partial charge in [-0.25, -0.2) is 26.1 Å². The monoisotopic (exact) mass is 441 g/mol. The third-order valence-electron chi connectivity index (χ3n) is 4.83. The number of fused-ring (bicyclic) bond motifs is 1. The number of benzene rings is 2. The molecule has 0 aromatic heterocycles. The predicted molar refractivity (Wildman–Crippen MR) is 106 cm³/mol. The fraction of sp³-hybridized carbons (Fsp3) is 0.333. The molecule has 0 radical (unpaired) electrons. The van der Waals surface area contributed by atoms with Crippen LogP contribution in [0.4, 0.5) is 15.8 Å². The molecule has 2 aliphatic rings. The predicted octanol–water partition coefficient (Wildman–Crippen LogP) is 1.85. The third-order valence-corrected chi connectivity index (χ3v) is 8.22. The first-order valence-electron chi connectivity index (χ1n) is 9.00. The van der Waals surface area contributed by atoms with Gasteiger partial charge < -0.3 is 4.74 Å². The summed E-state index contributed by atoms with van der Waals surface area (Å²) >= 11 is 0. The number of ether oxygens (including phenoxy) is 1. The van der Waals surface area contributed by atoms with Gasteiger partial charge in [0.1, 0.15) is 0 Å². The molecule has 0 bridgehead atoms. The Hall–Kier alpha value is -2.37. The maximum Gasteiger partial charge on any atom is 0.326 e. The lowest BCUT2D eigenvalue weighted by molar-refractivity contribution is 0.385. The van der Waals surface area contributed by atoms with Crippen molar-refractivity contribution in [2.45, 2.75) is 23.8 Å². The first kappa shape index (κ1) is 19.9. The Bertz CT molecular complexity index is 1150. The summed E-state index contributed by atoms with van der Waals surface area (Å²) in [7, 11) is -6.50. The van der Waals surface area contributed by atoms with Crippen molar-refractivity contribution >= 4 is 31.6 Å². The zero-order chi connectivity index (χ0) is 20.8. The molecule has 1 N–H and O–H groups in total. The number of hydrogen-bond acceptors (Lipinski definition) is 5. The lowest BCUT2D eigenvalue weighted by atomic mass is 10.2. The number of nitrogens with zero attached hydrogens (tertiary/aromatic N) is 2. The van der Waals surface area contributed by atoms with Crippen molar-refractivity contribution in [3.8, 4) is 5.75 Å². The number of halogens is 1. The molecule has 2 aromatic carbocycles. The van der Waals surface area contributed by atoms with E-state index in [1.165, 1.54) is 27.9 Å². The van der Waals surface area contributed by atoms with Crippen molar-refractivity contribution in [3.63, 3.8) is 0 Å². The van der Waals surface area contributed by atoms with Crippen molar-refractivity contribution in [3.05, 3.63) is 48.3 Å². The van der Waals surface area contributed by atoms with E-state index in [4.69, 9.17) is 4.74 Å². The number of nitrogens with one attached hydrogen (secondary N) is 1. The van der Waals surface area contributed by atoms with Gasteiger partial charge in [0.25, 0.3) is 0 Å². The molecule has 1 fully saturated rings. The summed E-state index contributed by atoms with van der Waals surface area (Å²) in [6, 6.07) is 10.2. The van der Waals surface area contributed by atoms with Crippen molar-refractivity contribution in [1.82, 2.24) is 4.72 Å². The molecule has 0 atom stereocenters. The minimum atomic E-state index is -4.01. The summed E-state index contributed by atoms with van der Waals surface area (Å²) < 4.78 is 74.4. The van der Waals surface area contributed by atoms with Crippen LogP contribution in [0.1, 0.15) is 12.8 Å². The van der Waals surface area contributed by atoms with Gasteiger partial charge in [-0.15, -0.1) is 0 Å². The summed E-state index contributed by atoms with van der Waals surface area (Å²) in [5.41, 5.74) is 1.13. The lowest BCUT2D eigenvalue weighted by Crippen LogP contribution is -2.42. The van der Waals surface area contributed by atoms with Crippen LogP contribution < -0.4 is 18.1 Å². The minimum absolute atomic E-state index is 0.0508. The molecule has 8 nitrogen and oxygen atoms in total. The molecular formula is C18H20FN3O5S2. The molecule has 2 aromatic rings. The van der Waals surface area contributed by atoms with E-state index >= 15 is 0 Å². The Balaban J connectivity index is 1.51. The molecule has 11 heteroatoms. The number of para-hydroxylation sites is 2. The lowest BCUT2D eigenvalue weighted by Gasteiger charge is -2.21. The molecule has 0 spiro atoms. The fourth-order valence-electron chi connectivity index (χ4n) is 3.33. The van der Waals surface area contributed by atoms with Gasteiger partial charge in [-0.1, -0.05) is 12.1 Å². The fourth-order valence-corrected chi connectivity index (χ4v) is 6.29. The average Bonchev–Trinajstić information content (AvgIpc) is 3.47. The van der Waals surface area contributed by atoms with E-state index in [2.05, 4.69) is 4.72 Å². The standard InChI is InChI=1S/C18H20FN3O5S2/c1-27-18-9-8-14(12-15(18)19)28(23,24)20-10-11-21-16-4-2-3-5-17(16)22(13-6-7-13)29(21,25)26/h2-5,8-9,12-13,20H,6-7,10-11H2,1H3. The first-order valence-corrected chi connectivity index (χ1v) is 11.9. The Morgan fingerprint density at radius 3 is 2.48 bits per heavy atom. The molecule has 29 heavy (non-hydrogen) atoms. The molecule has 1 aliphatic carbocycles. The number of sulfonamides is 1. The van der Waals surface area contributed by atoms with Crippen molar-refractivity contribution in [2.75, 3.05) is 28.8 Å². The summed E-state index contributed by atoms with van der Waals surface area (Å²) in [6.45, 7) is -0.248. The maximum atomic E-state index is 13.8. The number of hydrogen-bond donors (Lipinski definition) is 1. The zero-order valence-corrected chi connectivity index (χ0v) is 17.2. The second-order valence-electron chi connectivity index (χ2n) is 6.79. The molecule has 0 saturated heterocycles. The normalized spacial score (nSPS) is 18.0. The maximum absolute atomic E-state index is 13.8. The van der Waals surface area contributed by atoms with Crippen LogP contribution in [0.3, 0.4) is 0 Å². The van der Waals surface area contributed by atoms with Crippen LogP contribution >= 0.6 is 0 Å². The quantitative estimate of drug-likeness (QED) is 0.708. The average molecular weight is 442 g/mol. The second kappa shape index (κ2) is 7.15. The van der Waals surface area contributed by atoms with Gasteiger partial charge in [-0.3, -0.25) is 0 Å². The van der Waals surface area contributed by atoms with Gasteiger partial charge in [-0.05, 0) is 43.2 Å². The highest BCUT2D eigenvalue weighted by atomic mass is 32.2. The van der Waals surface area contributed by atoms with Gasteiger partial charge in [0.05, 0.1) is 23.4 Å². The number of anilines is 2. The van der Waals surface area contributed by atoms with Gasteiger partial charge in [0.15, 0.2) is 11.6 Å². The summed E-state index contributed by atoms with van der Waals surface area (Å²) in [6.07, 6.45) is 1.61. The highest BCUT2D eigenvalue weighted by Crippen LogP contribution is 2.46. The van der Waals surface area contributed by atoms with Gasteiger partial charge >= 0.3 is 10.2 Å². The SMILES string of the molecule is COc1ccc(S(=O)(=O)NCCN2c3ccccc3N(C3CC3)S2(=O)=O)cc1F. The molecule has 4 rings (SSSR count). The largest absolute Gasteiger partial charge is 0.494 e. The molecule has 0 amide bonds. The van der Waals surface area contributed by atoms with E-state index in [0.717, 1.165) is 18.9 Å². The smallest absolute Gasteiger partial charge is 0.326 e. The highest BCUT2D eigenvalue weighted by molar-refractivity contribution is 7.94. The first-order chi connectivity index (χ1) is 13.8. The zero-order valence-electron chi connectivity index (χ0n) is 15.6. The van der Waals surface area contributed by atoms with E-state index in [0.29, 0.717) is 11.4 Å². The highest BCUT2D eigenvalue weighted by Gasteiger charge is 2.47. The summed E-state index contributed by atoms with van der Waals surface area (Å²) in [4.78, 5) is -0.264. The van der Waals surface area contributed by atoms with Crippen LogP contribution in [-0.2, 0) is 20.2 Å². The molecule has 1 aliphatic heterocycles.